The van der Waals surface area contributed by atoms with Crippen LogP contribution in [0.3, 0.4) is 0 Å². The number of fused-ring (bicyclic) bond motifs is 4. The van der Waals surface area contributed by atoms with Gasteiger partial charge in [-0.05, 0) is 18.2 Å². The number of rotatable bonds is 5. The number of ether oxygens (including phenoxy) is 1. The Balaban J connectivity index is 1.85. The third-order valence-corrected chi connectivity index (χ3v) is 5.71. The lowest BCUT2D eigenvalue weighted by atomic mass is 9.76. The molecule has 2 fully saturated rings. The van der Waals surface area contributed by atoms with Gasteiger partial charge < -0.3 is 15.8 Å². The maximum absolute atomic E-state index is 14.0. The highest BCUT2D eigenvalue weighted by Crippen LogP contribution is 2.53. The smallest absolute Gasteiger partial charge is 0.250 e. The topological polar surface area (TPSA) is 131 Å². The first-order valence-corrected chi connectivity index (χ1v) is 8.83. The molecule has 0 saturated carbocycles. The van der Waals surface area contributed by atoms with Crippen molar-refractivity contribution in [3.05, 3.63) is 29.6 Å². The summed E-state index contributed by atoms with van der Waals surface area (Å²) in [6.07, 6.45) is -0.238. The number of primary amides is 1. The molecule has 4 amide bonds. The molecule has 28 heavy (non-hydrogen) atoms. The summed E-state index contributed by atoms with van der Waals surface area (Å²) in [6, 6.07) is 2.93. The lowest BCUT2D eigenvalue weighted by Crippen LogP contribution is -2.53. The molecule has 2 saturated heterocycles. The Morgan fingerprint density at radius 2 is 2.07 bits per heavy atom. The van der Waals surface area contributed by atoms with Crippen molar-refractivity contribution in [3.63, 3.8) is 0 Å². The van der Waals surface area contributed by atoms with Crippen LogP contribution in [0.4, 0.5) is 10.1 Å². The number of nitrogens with one attached hydrogen (secondary N) is 2. The summed E-state index contributed by atoms with van der Waals surface area (Å²) in [5, 5.41) is 5.64. The van der Waals surface area contributed by atoms with Crippen LogP contribution in [0.15, 0.2) is 18.2 Å². The van der Waals surface area contributed by atoms with E-state index < -0.39 is 52.9 Å². The molecule has 0 aromatic heterocycles. The predicted molar refractivity (Wildman–Crippen MR) is 93.0 cm³/mol. The fraction of sp³-hybridized carbons (Fsp3) is 0.444. The second-order valence-electron chi connectivity index (χ2n) is 7.20. The fourth-order valence-electron chi connectivity index (χ4n) is 4.63. The molecular weight excluding hydrogens is 371 g/mol. The molecular formula is C18H19FN4O5. The van der Waals surface area contributed by atoms with Gasteiger partial charge in [-0.2, -0.15) is 0 Å². The van der Waals surface area contributed by atoms with Gasteiger partial charge >= 0.3 is 0 Å². The van der Waals surface area contributed by atoms with E-state index in [0.29, 0.717) is 5.69 Å². The van der Waals surface area contributed by atoms with Crippen molar-refractivity contribution in [1.29, 1.82) is 0 Å². The molecule has 0 aliphatic carbocycles. The number of anilines is 1. The molecule has 3 aliphatic rings. The van der Waals surface area contributed by atoms with Gasteiger partial charge in [0.15, 0.2) is 0 Å². The molecule has 9 nitrogen and oxygen atoms in total. The molecule has 4 N–H and O–H groups in total. The Hall–Kier alpha value is -2.85. The van der Waals surface area contributed by atoms with Crippen LogP contribution >= 0.6 is 0 Å². The number of carbonyl (C=O) groups excluding carboxylic acids is 4. The average Bonchev–Trinajstić information content (AvgIpc) is 3.19. The largest absolute Gasteiger partial charge is 0.383 e. The summed E-state index contributed by atoms with van der Waals surface area (Å²) >= 11 is 0. The van der Waals surface area contributed by atoms with E-state index >= 15 is 0 Å². The summed E-state index contributed by atoms with van der Waals surface area (Å²) in [6.45, 7) is 0.160. The summed E-state index contributed by atoms with van der Waals surface area (Å²) < 4.78 is 18.9. The SMILES string of the molecule is COCCN1C(=O)C2C(CC(N)=O)NC3(C(=O)Nc4ccc(F)cc43)C2C1=O. The Labute approximate surface area is 159 Å². The molecule has 10 heteroatoms. The molecule has 148 valence electrons. The number of benzene rings is 1. The highest BCUT2D eigenvalue weighted by atomic mass is 19.1. The maximum atomic E-state index is 14.0. The Morgan fingerprint density at radius 3 is 2.75 bits per heavy atom. The summed E-state index contributed by atoms with van der Waals surface area (Å²) in [5.41, 5.74) is 4.28. The standard InChI is InChI=1S/C18H19FN4O5/c1-28-5-4-23-15(25)13-11(7-12(20)24)22-18(14(13)16(23)26)9-6-8(19)2-3-10(9)21-17(18)27/h2-3,6,11,13-14,22H,4-5,7H2,1H3,(H2,20,24)(H,21,27). The van der Waals surface area contributed by atoms with Gasteiger partial charge in [-0.15, -0.1) is 0 Å². The Bertz CT molecular complexity index is 906. The van der Waals surface area contributed by atoms with Crippen molar-refractivity contribution in [2.24, 2.45) is 17.6 Å². The fourth-order valence-corrected chi connectivity index (χ4v) is 4.63. The summed E-state index contributed by atoms with van der Waals surface area (Å²) in [5.74, 6) is -4.95. The van der Waals surface area contributed by atoms with Crippen LogP contribution in [0, 0.1) is 17.7 Å². The van der Waals surface area contributed by atoms with Crippen LogP contribution in [0.5, 0.6) is 0 Å². The number of nitrogens with two attached hydrogens (primary N) is 1. The second kappa shape index (κ2) is 6.35. The van der Waals surface area contributed by atoms with Crippen LogP contribution in [0.2, 0.25) is 0 Å². The minimum atomic E-state index is -1.64. The van der Waals surface area contributed by atoms with Gasteiger partial charge in [0.05, 0.1) is 25.0 Å². The third-order valence-electron chi connectivity index (χ3n) is 5.71. The number of nitrogens with zero attached hydrogens (tertiary/aromatic N) is 1. The average molecular weight is 390 g/mol. The van der Waals surface area contributed by atoms with Crippen molar-refractivity contribution < 1.29 is 28.3 Å². The monoisotopic (exact) mass is 390 g/mol. The lowest BCUT2D eigenvalue weighted by molar-refractivity contribution is -0.143. The third kappa shape index (κ3) is 2.38. The van der Waals surface area contributed by atoms with E-state index in [-0.39, 0.29) is 25.1 Å². The van der Waals surface area contributed by atoms with E-state index in [1.165, 1.54) is 25.3 Å². The Morgan fingerprint density at radius 1 is 1.32 bits per heavy atom. The van der Waals surface area contributed by atoms with E-state index in [1.807, 2.05) is 0 Å². The van der Waals surface area contributed by atoms with Crippen molar-refractivity contribution in [2.45, 2.75) is 18.0 Å². The molecule has 4 rings (SSSR count). The molecule has 4 unspecified atom stereocenters. The van der Waals surface area contributed by atoms with Crippen molar-refractivity contribution >= 4 is 29.3 Å². The first-order chi connectivity index (χ1) is 13.3. The molecule has 1 aromatic carbocycles. The molecule has 0 bridgehead atoms. The number of amides is 4. The number of halogens is 1. The van der Waals surface area contributed by atoms with E-state index in [1.54, 1.807) is 0 Å². The van der Waals surface area contributed by atoms with E-state index in [4.69, 9.17) is 10.5 Å². The van der Waals surface area contributed by atoms with Crippen LogP contribution < -0.4 is 16.4 Å². The minimum absolute atomic E-state index is 0.0260. The van der Waals surface area contributed by atoms with E-state index in [9.17, 15) is 23.6 Å². The molecule has 1 spiro atoms. The van der Waals surface area contributed by atoms with Gasteiger partial charge in [0.1, 0.15) is 11.4 Å². The van der Waals surface area contributed by atoms with Crippen LogP contribution in [-0.4, -0.2) is 54.8 Å². The normalized spacial score (nSPS) is 30.7. The van der Waals surface area contributed by atoms with Crippen LogP contribution in [0.1, 0.15) is 12.0 Å². The highest BCUT2D eigenvalue weighted by Gasteiger charge is 2.70. The van der Waals surface area contributed by atoms with Crippen molar-refractivity contribution in [3.8, 4) is 0 Å². The predicted octanol–water partition coefficient (Wildman–Crippen LogP) is -0.932. The van der Waals surface area contributed by atoms with E-state index in [2.05, 4.69) is 10.6 Å². The first-order valence-electron chi connectivity index (χ1n) is 8.83. The van der Waals surface area contributed by atoms with Gasteiger partial charge in [-0.1, -0.05) is 0 Å². The van der Waals surface area contributed by atoms with Gasteiger partial charge in [0, 0.05) is 30.8 Å². The van der Waals surface area contributed by atoms with Gasteiger partial charge in [0.25, 0.3) is 0 Å². The molecule has 3 aliphatic heterocycles. The second-order valence-corrected chi connectivity index (χ2v) is 7.20. The summed E-state index contributed by atoms with van der Waals surface area (Å²) in [7, 11) is 1.44. The number of hydrogen-bond acceptors (Lipinski definition) is 6. The lowest BCUT2D eigenvalue weighted by Gasteiger charge is -2.29. The first kappa shape index (κ1) is 18.5. The molecule has 1 aromatic rings. The number of imide groups is 1. The van der Waals surface area contributed by atoms with Gasteiger partial charge in [0.2, 0.25) is 23.6 Å². The zero-order valence-corrected chi connectivity index (χ0v) is 15.0. The quantitative estimate of drug-likeness (QED) is 0.557. The van der Waals surface area contributed by atoms with Crippen LogP contribution in [0.25, 0.3) is 0 Å². The van der Waals surface area contributed by atoms with Gasteiger partial charge in [-0.25, -0.2) is 4.39 Å². The summed E-state index contributed by atoms with van der Waals surface area (Å²) in [4.78, 5) is 51.7. The maximum Gasteiger partial charge on any atom is 0.250 e. The molecule has 0 radical (unpaired) electrons. The zero-order chi connectivity index (χ0) is 20.2. The number of likely N-dealkylation sites (tertiary alicyclic amines) is 1. The molecule has 4 atom stereocenters. The molecule has 3 heterocycles. The van der Waals surface area contributed by atoms with Gasteiger partial charge in [-0.3, -0.25) is 29.4 Å². The van der Waals surface area contributed by atoms with Crippen molar-refractivity contribution in [2.75, 3.05) is 25.6 Å². The van der Waals surface area contributed by atoms with E-state index in [0.717, 1.165) is 4.90 Å². The van der Waals surface area contributed by atoms with Crippen molar-refractivity contribution in [1.82, 2.24) is 10.2 Å². The minimum Gasteiger partial charge on any atom is -0.383 e. The number of carbonyl (C=O) groups is 4. The van der Waals surface area contributed by atoms with Crippen LogP contribution in [-0.2, 0) is 29.5 Å². The zero-order valence-electron chi connectivity index (χ0n) is 15.0. The highest BCUT2D eigenvalue weighted by molar-refractivity contribution is 6.15. The number of methoxy groups -OCH3 is 1. The Kier molecular flexibility index (Phi) is 4.20. The number of hydrogen-bond donors (Lipinski definition) is 3.